The molecule has 1 aromatic carbocycles. The minimum atomic E-state index is 0.698. The van der Waals surface area contributed by atoms with E-state index in [2.05, 4.69) is 24.3 Å². The molecule has 0 bridgehead atoms. The lowest BCUT2D eigenvalue weighted by atomic mass is 10.1. The van der Waals surface area contributed by atoms with Crippen molar-refractivity contribution < 1.29 is 4.74 Å². The molecule has 2 heteroatoms. The second kappa shape index (κ2) is 4.33. The third-order valence-electron chi connectivity index (χ3n) is 2.81. The van der Waals surface area contributed by atoms with Crippen molar-refractivity contribution in [1.82, 2.24) is 0 Å². The van der Waals surface area contributed by atoms with E-state index >= 15 is 0 Å². The Bertz CT molecular complexity index is 311. The van der Waals surface area contributed by atoms with Crippen molar-refractivity contribution in [2.24, 2.45) is 5.92 Å². The molecule has 2 unspecified atom stereocenters. The number of hydrogen-bond acceptors (Lipinski definition) is 1. The van der Waals surface area contributed by atoms with E-state index in [9.17, 15) is 0 Å². The molecule has 1 saturated carbocycles. The van der Waals surface area contributed by atoms with Gasteiger partial charge in [0, 0.05) is 13.0 Å². The first-order valence-electron chi connectivity index (χ1n) is 4.99. The summed E-state index contributed by atoms with van der Waals surface area (Å²) in [6, 6.07) is 8.63. The third kappa shape index (κ3) is 2.10. The zero-order valence-electron chi connectivity index (χ0n) is 8.37. The molecule has 0 aliphatic heterocycles. The van der Waals surface area contributed by atoms with Crippen molar-refractivity contribution in [3.63, 3.8) is 0 Å². The predicted octanol–water partition coefficient (Wildman–Crippen LogP) is 3.18. The van der Waals surface area contributed by atoms with Crippen LogP contribution in [0.25, 0.3) is 0 Å². The fourth-order valence-electron chi connectivity index (χ4n) is 1.91. The number of methoxy groups -OCH3 is 1. The Morgan fingerprint density at radius 2 is 2.36 bits per heavy atom. The van der Waals surface area contributed by atoms with E-state index < -0.39 is 0 Å². The first-order valence-corrected chi connectivity index (χ1v) is 5.52. The highest BCUT2D eigenvalue weighted by atomic mass is 35.5. The molecule has 14 heavy (non-hydrogen) atoms. The fraction of sp³-hybridized carbons (Fsp3) is 0.500. The zero-order chi connectivity index (χ0) is 9.97. The van der Waals surface area contributed by atoms with Crippen LogP contribution >= 0.6 is 11.6 Å². The normalized spacial score (nSPS) is 25.0. The van der Waals surface area contributed by atoms with Gasteiger partial charge in [0.05, 0.1) is 6.61 Å². The number of ether oxygens (including phenoxy) is 1. The minimum Gasteiger partial charge on any atom is -0.380 e. The molecule has 2 atom stereocenters. The van der Waals surface area contributed by atoms with Crippen molar-refractivity contribution in [3.8, 4) is 0 Å². The van der Waals surface area contributed by atoms with Crippen LogP contribution in [0.2, 0.25) is 0 Å². The molecule has 1 aromatic rings. The molecule has 0 aromatic heterocycles. The molecule has 0 amide bonds. The molecule has 1 aliphatic carbocycles. The number of alkyl halides is 1. The molecule has 0 spiro atoms. The van der Waals surface area contributed by atoms with Crippen molar-refractivity contribution >= 4 is 11.6 Å². The molecule has 0 saturated heterocycles. The molecular formula is C12H15ClO. The molecular weight excluding hydrogens is 196 g/mol. The lowest BCUT2D eigenvalue weighted by molar-refractivity contribution is 0.185. The highest BCUT2D eigenvalue weighted by Crippen LogP contribution is 2.48. The summed E-state index contributed by atoms with van der Waals surface area (Å²) in [5.74, 6) is 2.19. The van der Waals surface area contributed by atoms with Gasteiger partial charge in [0.25, 0.3) is 0 Å². The Balaban J connectivity index is 2.07. The predicted molar refractivity (Wildman–Crippen MR) is 58.7 cm³/mol. The Labute approximate surface area is 90.0 Å². The highest BCUT2D eigenvalue weighted by molar-refractivity contribution is 6.18. The maximum atomic E-state index is 5.82. The van der Waals surface area contributed by atoms with Gasteiger partial charge in [0.15, 0.2) is 0 Å². The Morgan fingerprint density at radius 1 is 1.50 bits per heavy atom. The van der Waals surface area contributed by atoms with Crippen LogP contribution in [-0.2, 0) is 11.3 Å². The van der Waals surface area contributed by atoms with Crippen LogP contribution in [0, 0.1) is 5.92 Å². The van der Waals surface area contributed by atoms with Crippen molar-refractivity contribution in [1.29, 1.82) is 0 Å². The lowest BCUT2D eigenvalue weighted by Gasteiger charge is -2.03. The Kier molecular flexibility index (Phi) is 3.09. The van der Waals surface area contributed by atoms with E-state index in [1.165, 1.54) is 17.5 Å². The van der Waals surface area contributed by atoms with E-state index in [0.717, 1.165) is 5.88 Å². The van der Waals surface area contributed by atoms with Gasteiger partial charge in [-0.1, -0.05) is 24.3 Å². The van der Waals surface area contributed by atoms with E-state index in [4.69, 9.17) is 16.3 Å². The van der Waals surface area contributed by atoms with E-state index in [0.29, 0.717) is 18.4 Å². The van der Waals surface area contributed by atoms with Gasteiger partial charge < -0.3 is 4.74 Å². The summed E-state index contributed by atoms with van der Waals surface area (Å²) in [7, 11) is 1.73. The van der Waals surface area contributed by atoms with Gasteiger partial charge in [-0.3, -0.25) is 0 Å². The highest BCUT2D eigenvalue weighted by Gasteiger charge is 2.37. The molecule has 0 N–H and O–H groups in total. The van der Waals surface area contributed by atoms with Crippen molar-refractivity contribution in [2.45, 2.75) is 18.9 Å². The average Bonchev–Trinajstić information content (AvgIpc) is 2.98. The van der Waals surface area contributed by atoms with Crippen LogP contribution in [0.5, 0.6) is 0 Å². The summed E-state index contributed by atoms with van der Waals surface area (Å²) in [6.07, 6.45) is 1.25. The lowest BCUT2D eigenvalue weighted by Crippen LogP contribution is -1.90. The van der Waals surface area contributed by atoms with Crippen LogP contribution in [-0.4, -0.2) is 13.0 Å². The Morgan fingerprint density at radius 3 is 3.00 bits per heavy atom. The van der Waals surface area contributed by atoms with Crippen molar-refractivity contribution in [2.75, 3.05) is 13.0 Å². The second-order valence-corrected chi connectivity index (χ2v) is 4.24. The monoisotopic (exact) mass is 210 g/mol. The van der Waals surface area contributed by atoms with Crippen LogP contribution in [0.4, 0.5) is 0 Å². The quantitative estimate of drug-likeness (QED) is 0.694. The molecule has 0 heterocycles. The summed E-state index contributed by atoms with van der Waals surface area (Å²) < 4.78 is 5.11. The Hall–Kier alpha value is -0.530. The first kappa shape index (κ1) is 10.0. The van der Waals surface area contributed by atoms with Gasteiger partial charge in [-0.05, 0) is 29.4 Å². The topological polar surface area (TPSA) is 9.23 Å². The van der Waals surface area contributed by atoms with Gasteiger partial charge in [-0.2, -0.15) is 0 Å². The summed E-state index contributed by atoms with van der Waals surface area (Å²) >= 11 is 5.82. The molecule has 76 valence electrons. The largest absolute Gasteiger partial charge is 0.380 e. The maximum absolute atomic E-state index is 5.82. The molecule has 1 aliphatic rings. The molecule has 0 radical (unpaired) electrons. The smallest absolute Gasteiger partial charge is 0.0713 e. The van der Waals surface area contributed by atoms with Gasteiger partial charge in [0.1, 0.15) is 0 Å². The van der Waals surface area contributed by atoms with E-state index in [-0.39, 0.29) is 0 Å². The minimum absolute atomic E-state index is 0.698. The summed E-state index contributed by atoms with van der Waals surface area (Å²) in [6.45, 7) is 0.700. The number of hydrogen-bond donors (Lipinski definition) is 0. The molecule has 1 fully saturated rings. The van der Waals surface area contributed by atoms with E-state index in [1.54, 1.807) is 7.11 Å². The fourth-order valence-corrected chi connectivity index (χ4v) is 2.25. The number of rotatable bonds is 4. The summed E-state index contributed by atoms with van der Waals surface area (Å²) in [5, 5.41) is 0. The van der Waals surface area contributed by atoms with Gasteiger partial charge in [-0.25, -0.2) is 0 Å². The van der Waals surface area contributed by atoms with Gasteiger partial charge in [0.2, 0.25) is 0 Å². The van der Waals surface area contributed by atoms with Crippen LogP contribution < -0.4 is 0 Å². The van der Waals surface area contributed by atoms with Crippen molar-refractivity contribution in [3.05, 3.63) is 35.4 Å². The van der Waals surface area contributed by atoms with E-state index in [1.807, 2.05) is 0 Å². The van der Waals surface area contributed by atoms with Crippen LogP contribution in [0.15, 0.2) is 24.3 Å². The van der Waals surface area contributed by atoms with Crippen LogP contribution in [0.1, 0.15) is 23.5 Å². The summed E-state index contributed by atoms with van der Waals surface area (Å²) in [5.41, 5.74) is 2.68. The number of halogens is 1. The number of benzene rings is 1. The van der Waals surface area contributed by atoms with Gasteiger partial charge in [-0.15, -0.1) is 11.6 Å². The molecule has 1 nitrogen and oxygen atoms in total. The maximum Gasteiger partial charge on any atom is 0.0713 e. The standard InChI is InChI=1S/C12H15ClO/c1-14-8-9-3-2-4-10(5-9)12-6-11(12)7-13/h2-5,11-12H,6-8H2,1H3. The summed E-state index contributed by atoms with van der Waals surface area (Å²) in [4.78, 5) is 0. The third-order valence-corrected chi connectivity index (χ3v) is 3.21. The van der Waals surface area contributed by atoms with Gasteiger partial charge >= 0.3 is 0 Å². The molecule has 2 rings (SSSR count). The second-order valence-electron chi connectivity index (χ2n) is 3.93. The SMILES string of the molecule is COCc1cccc(C2CC2CCl)c1. The average molecular weight is 211 g/mol. The van der Waals surface area contributed by atoms with Crippen LogP contribution in [0.3, 0.4) is 0 Å². The zero-order valence-corrected chi connectivity index (χ0v) is 9.13. The first-order chi connectivity index (χ1) is 6.85.